The van der Waals surface area contributed by atoms with E-state index in [1.165, 1.54) is 18.2 Å². The Bertz CT molecular complexity index is 888. The van der Waals surface area contributed by atoms with Crippen molar-refractivity contribution in [1.29, 1.82) is 0 Å². The van der Waals surface area contributed by atoms with E-state index in [1.54, 1.807) is 13.0 Å². The minimum Gasteiger partial charge on any atom is -0.755 e. The van der Waals surface area contributed by atoms with E-state index in [1.807, 2.05) is 6.92 Å². The van der Waals surface area contributed by atoms with Crippen LogP contribution in [0.25, 0.3) is 0 Å². The average molecular weight is 365 g/mol. The van der Waals surface area contributed by atoms with Crippen molar-refractivity contribution < 1.29 is 22.3 Å². The molecule has 0 aromatic heterocycles. The third-order valence-electron chi connectivity index (χ3n) is 3.96. The average Bonchev–Trinajstić information content (AvgIpc) is 2.53. The van der Waals surface area contributed by atoms with E-state index in [0.29, 0.717) is 29.1 Å². The Morgan fingerprint density at radius 1 is 1.24 bits per heavy atom. The van der Waals surface area contributed by atoms with Crippen LogP contribution in [0.2, 0.25) is 0 Å². The summed E-state index contributed by atoms with van der Waals surface area (Å²) in [5.74, 6) is -1.04. The predicted molar refractivity (Wildman–Crippen MR) is 90.3 cm³/mol. The first kappa shape index (κ1) is 17.5. The van der Waals surface area contributed by atoms with E-state index in [9.17, 15) is 17.5 Å². The van der Waals surface area contributed by atoms with Crippen molar-refractivity contribution in [2.75, 3.05) is 4.72 Å². The Morgan fingerprint density at radius 2 is 1.96 bits per heavy atom. The largest absolute Gasteiger partial charge is 0.755 e. The molecule has 1 heterocycles. The van der Waals surface area contributed by atoms with Crippen molar-refractivity contribution >= 4 is 22.7 Å². The lowest BCUT2D eigenvalue weighted by Crippen LogP contribution is -2.35. The molecule has 2 unspecified atom stereocenters. The fourth-order valence-electron chi connectivity index (χ4n) is 2.56. The van der Waals surface area contributed by atoms with Crippen molar-refractivity contribution in [2.24, 2.45) is 4.99 Å². The molecule has 2 aromatic rings. The molecule has 0 radical (unpaired) electrons. The summed E-state index contributed by atoms with van der Waals surface area (Å²) < 4.78 is 57.3. The highest BCUT2D eigenvalue weighted by molar-refractivity contribution is 7.80. The lowest BCUT2D eigenvalue weighted by Gasteiger charge is -2.33. The number of anilines is 1. The van der Waals surface area contributed by atoms with Crippen LogP contribution in [0.3, 0.4) is 0 Å². The van der Waals surface area contributed by atoms with Gasteiger partial charge in [-0.25, -0.2) is 13.8 Å². The molecule has 0 aliphatic carbocycles. The van der Waals surface area contributed by atoms with E-state index in [0.717, 1.165) is 12.1 Å². The topological polar surface area (TPSA) is 73.8 Å². The van der Waals surface area contributed by atoms with Gasteiger partial charge in [0.1, 0.15) is 17.4 Å². The summed E-state index contributed by atoms with van der Waals surface area (Å²) in [6, 6.07) is 7.90. The molecule has 8 heteroatoms. The van der Waals surface area contributed by atoms with Gasteiger partial charge in [0, 0.05) is 46.6 Å². The second-order valence-electron chi connectivity index (χ2n) is 5.76. The molecular formula is C17H15F2N2O3S-. The van der Waals surface area contributed by atoms with Crippen molar-refractivity contribution in [3.05, 3.63) is 59.2 Å². The minimum absolute atomic E-state index is 0.152. The number of aliphatic imine (C=N–C) groups is 1. The maximum absolute atomic E-state index is 14.3. The molecule has 0 spiro atoms. The van der Waals surface area contributed by atoms with Gasteiger partial charge in [0.25, 0.3) is 0 Å². The number of nitrogens with zero attached hydrogens (tertiary/aromatic N) is 1. The number of hydrogen-bond acceptors (Lipinski definition) is 4. The SMILES string of the molecule is CCC1(C)N=C(c2ccc(F)cc2F)c2ccc(NS(=O)[O-])cc2O1. The number of halogens is 2. The summed E-state index contributed by atoms with van der Waals surface area (Å²) in [5.41, 5.74) is 0.347. The quantitative estimate of drug-likeness (QED) is 0.843. The predicted octanol–water partition coefficient (Wildman–Crippen LogP) is 3.53. The molecule has 132 valence electrons. The second-order valence-corrected chi connectivity index (χ2v) is 6.44. The molecule has 1 N–H and O–H groups in total. The molecule has 0 saturated heterocycles. The van der Waals surface area contributed by atoms with Gasteiger partial charge in [0.05, 0.1) is 5.71 Å². The summed E-state index contributed by atoms with van der Waals surface area (Å²) in [6.45, 7) is 3.60. The summed E-state index contributed by atoms with van der Waals surface area (Å²) in [7, 11) is 0. The van der Waals surface area contributed by atoms with Gasteiger partial charge in [0.15, 0.2) is 5.72 Å². The van der Waals surface area contributed by atoms with E-state index in [-0.39, 0.29) is 5.56 Å². The van der Waals surface area contributed by atoms with E-state index < -0.39 is 28.6 Å². The van der Waals surface area contributed by atoms with Crippen LogP contribution in [-0.2, 0) is 11.3 Å². The molecule has 2 atom stereocenters. The molecule has 25 heavy (non-hydrogen) atoms. The summed E-state index contributed by atoms with van der Waals surface area (Å²) in [6.07, 6.45) is 0.504. The van der Waals surface area contributed by atoms with Gasteiger partial charge in [-0.2, -0.15) is 0 Å². The van der Waals surface area contributed by atoms with Crippen LogP contribution in [0.5, 0.6) is 5.75 Å². The van der Waals surface area contributed by atoms with Crippen molar-refractivity contribution in [3.8, 4) is 5.75 Å². The zero-order chi connectivity index (χ0) is 18.2. The summed E-state index contributed by atoms with van der Waals surface area (Å²) in [4.78, 5) is 4.51. The molecule has 0 bridgehead atoms. The van der Waals surface area contributed by atoms with Crippen LogP contribution in [0.4, 0.5) is 14.5 Å². The molecule has 0 amide bonds. The fourth-order valence-corrected chi connectivity index (χ4v) is 2.88. The van der Waals surface area contributed by atoms with Crippen LogP contribution in [0.1, 0.15) is 31.4 Å². The number of benzene rings is 2. The smallest absolute Gasteiger partial charge is 0.197 e. The fraction of sp³-hybridized carbons (Fsp3) is 0.235. The Morgan fingerprint density at radius 3 is 2.60 bits per heavy atom. The number of fused-ring (bicyclic) bond motifs is 1. The molecule has 2 aromatic carbocycles. The van der Waals surface area contributed by atoms with Gasteiger partial charge in [-0.05, 0) is 31.2 Å². The van der Waals surface area contributed by atoms with Gasteiger partial charge < -0.3 is 14.0 Å². The third kappa shape index (κ3) is 3.54. The number of nitrogens with one attached hydrogen (secondary N) is 1. The van der Waals surface area contributed by atoms with Crippen LogP contribution in [0.15, 0.2) is 41.4 Å². The number of hydrogen-bond donors (Lipinski definition) is 1. The van der Waals surface area contributed by atoms with Crippen molar-refractivity contribution in [2.45, 2.75) is 26.0 Å². The first-order valence-electron chi connectivity index (χ1n) is 7.56. The second kappa shape index (κ2) is 6.53. The lowest BCUT2D eigenvalue weighted by atomic mass is 9.97. The normalized spacial score (nSPS) is 20.3. The molecule has 1 aliphatic rings. The van der Waals surface area contributed by atoms with Crippen LogP contribution < -0.4 is 9.46 Å². The zero-order valence-corrected chi connectivity index (χ0v) is 14.3. The molecular weight excluding hydrogens is 350 g/mol. The maximum Gasteiger partial charge on any atom is 0.197 e. The third-order valence-corrected chi connectivity index (χ3v) is 4.36. The van der Waals surface area contributed by atoms with Crippen LogP contribution >= 0.6 is 0 Å². The summed E-state index contributed by atoms with van der Waals surface area (Å²) >= 11 is -2.48. The number of ether oxygens (including phenoxy) is 1. The first-order valence-corrected chi connectivity index (χ1v) is 8.63. The van der Waals surface area contributed by atoms with Gasteiger partial charge in [-0.1, -0.05) is 6.92 Å². The molecule has 0 fully saturated rings. The van der Waals surface area contributed by atoms with Crippen molar-refractivity contribution in [3.63, 3.8) is 0 Å². The van der Waals surface area contributed by atoms with E-state index in [4.69, 9.17) is 4.74 Å². The Kier molecular flexibility index (Phi) is 4.57. The molecule has 5 nitrogen and oxygen atoms in total. The maximum atomic E-state index is 14.3. The highest BCUT2D eigenvalue weighted by Gasteiger charge is 2.32. The Labute approximate surface area is 146 Å². The Balaban J connectivity index is 2.15. The highest BCUT2D eigenvalue weighted by atomic mass is 32.2. The summed E-state index contributed by atoms with van der Waals surface area (Å²) in [5, 5.41) is 0. The molecule has 0 saturated carbocycles. The zero-order valence-electron chi connectivity index (χ0n) is 13.5. The molecule has 3 rings (SSSR count). The van der Waals surface area contributed by atoms with Crippen LogP contribution in [-0.4, -0.2) is 20.2 Å². The van der Waals surface area contributed by atoms with Gasteiger partial charge in [-0.3, -0.25) is 4.21 Å². The number of rotatable bonds is 4. The minimum atomic E-state index is -2.48. The van der Waals surface area contributed by atoms with E-state index >= 15 is 0 Å². The lowest BCUT2D eigenvalue weighted by molar-refractivity contribution is 0.0903. The first-order chi connectivity index (χ1) is 11.8. The molecule has 1 aliphatic heterocycles. The van der Waals surface area contributed by atoms with E-state index in [2.05, 4.69) is 9.71 Å². The monoisotopic (exact) mass is 365 g/mol. The Hall–Kier alpha value is -2.32. The van der Waals surface area contributed by atoms with Crippen molar-refractivity contribution in [1.82, 2.24) is 0 Å². The van der Waals surface area contributed by atoms with Gasteiger partial charge in [-0.15, -0.1) is 0 Å². The van der Waals surface area contributed by atoms with Gasteiger partial charge >= 0.3 is 0 Å². The highest BCUT2D eigenvalue weighted by Crippen LogP contribution is 2.36. The standard InChI is InChI=1S/C17H16F2N2O3S/c1-3-17(2)20-16(12-6-4-10(18)8-14(12)19)13-7-5-11(21-25(22)23)9-15(13)24-17/h4-9,21H,3H2,1-2H3,(H,22,23)/p-1. The van der Waals surface area contributed by atoms with Gasteiger partial charge in [0.2, 0.25) is 0 Å². The van der Waals surface area contributed by atoms with Crippen LogP contribution in [0, 0.1) is 11.6 Å².